The molecule has 2 aliphatic rings. The third-order valence-electron chi connectivity index (χ3n) is 15.4. The molecule has 8 N–H and O–H groups in total. The predicted molar refractivity (Wildman–Crippen MR) is 342 cm³/mol. The van der Waals surface area contributed by atoms with Gasteiger partial charge >= 0.3 is 0 Å². The number of ether oxygens (including phenoxy) is 2. The number of phenolic OH excluding ortho intramolecular Hbond substituents is 4. The maximum absolute atomic E-state index is 12.9. The molecule has 0 spiro atoms. The van der Waals surface area contributed by atoms with Gasteiger partial charge in [0.1, 0.15) is 11.5 Å². The van der Waals surface area contributed by atoms with Gasteiger partial charge < -0.3 is 50.5 Å². The van der Waals surface area contributed by atoms with E-state index in [0.29, 0.717) is 37.4 Å². The molecule has 6 aromatic carbocycles. The number of benzene rings is 6. The van der Waals surface area contributed by atoms with Gasteiger partial charge in [-0.2, -0.15) is 0 Å². The number of carbonyl (C=O) groups excluding carboxylic acids is 2. The second-order valence-electron chi connectivity index (χ2n) is 23.6. The largest absolute Gasteiger partial charge is 0.504 e. The third-order valence-corrected chi connectivity index (χ3v) is 15.4. The van der Waals surface area contributed by atoms with Crippen molar-refractivity contribution in [2.45, 2.75) is 65.2 Å². The van der Waals surface area contributed by atoms with Crippen LogP contribution in [0.1, 0.15) is 86.6 Å². The third kappa shape index (κ3) is 12.9. The van der Waals surface area contributed by atoms with Crippen LogP contribution >= 0.6 is 0 Å². The fourth-order valence-electron chi connectivity index (χ4n) is 10.7. The number of nitrogens with zero attached hydrogens (tertiary/aromatic N) is 2. The Morgan fingerprint density at radius 2 is 0.709 bits per heavy atom. The van der Waals surface area contributed by atoms with E-state index in [9.17, 15) is 30.0 Å². The summed E-state index contributed by atoms with van der Waals surface area (Å²) in [5.41, 5.74) is 17.3. The average Bonchev–Trinajstić information content (AvgIpc) is 1.76. The Hall–Kier alpha value is -10.3. The maximum Gasteiger partial charge on any atom is 0.257 e. The molecule has 0 atom stereocenters. The molecule has 14 heteroatoms. The Morgan fingerprint density at radius 1 is 0.407 bits per heavy atom. The second kappa shape index (κ2) is 24.1. The topological polar surface area (TPSA) is 215 Å². The van der Waals surface area contributed by atoms with E-state index in [1.54, 1.807) is 12.1 Å². The minimum atomic E-state index is -0.296. The van der Waals surface area contributed by atoms with Crippen molar-refractivity contribution in [3.8, 4) is 79.0 Å². The van der Waals surface area contributed by atoms with Crippen molar-refractivity contribution in [2.24, 2.45) is 0 Å². The van der Waals surface area contributed by atoms with Crippen molar-refractivity contribution in [1.82, 2.24) is 30.6 Å². The minimum absolute atomic E-state index is 0.0697. The van der Waals surface area contributed by atoms with Crippen molar-refractivity contribution in [3.63, 3.8) is 0 Å². The van der Waals surface area contributed by atoms with Crippen LogP contribution in [-0.2, 0) is 33.3 Å². The number of phenols is 4. The Labute approximate surface area is 499 Å². The predicted octanol–water partition coefficient (Wildman–Crippen LogP) is 14.2. The summed E-state index contributed by atoms with van der Waals surface area (Å²) in [4.78, 5) is 44.5. The van der Waals surface area contributed by atoms with Crippen LogP contribution in [0.3, 0.4) is 0 Å². The lowest BCUT2D eigenvalue weighted by molar-refractivity contribution is -0.123. The van der Waals surface area contributed by atoms with Gasteiger partial charge in [-0.15, -0.1) is 0 Å². The standard InChI is InChI=1S/C72H68N6O8/c1-71(2,3)49-17-9-45(10-18-49)67-53-25-29-57(75-53)69(47-13-21-51(22-14-47)85-41-65(83)73-37-35-43-7-33-61(79)63(81)39-43)59-31-27-55(77-59)68(46-11-19-50(20-12-46)72(4,5)6)56-28-32-60(78-56)70(58-30-26-54(67)76-58)48-15-23-52(24-16-48)86-42-66(84)74-38-36-44-8-34-62(80)64(82)40-44/h7-34,39-40,75,78-82H,35-38,41-42H2,1-6H3,(H,73,83)(H,74,84). The van der Waals surface area contributed by atoms with Gasteiger partial charge in [0, 0.05) is 57.4 Å². The Morgan fingerprint density at radius 3 is 1.00 bits per heavy atom. The smallest absolute Gasteiger partial charge is 0.257 e. The zero-order valence-corrected chi connectivity index (χ0v) is 48.9. The molecule has 86 heavy (non-hydrogen) atoms. The summed E-state index contributed by atoms with van der Waals surface area (Å²) in [5, 5.41) is 44.9. The fraction of sp³-hybridized carbons (Fsp3) is 0.194. The SMILES string of the molecule is CC(C)(C)c1ccc(-c2c3nc(c(-c4ccc(OCC(=O)NCCc5ccc(O)c(O)c5)cc4)c4ccc([nH]4)c(-c4ccc(C(C)(C)C)cc4)c4nc(c(-c5ccc(OCC(=O)NCCc6ccc(O)c(O)c6)cc5)c5ccc2[nH]5)C=C4)C=C3)cc1. The highest BCUT2D eigenvalue weighted by Crippen LogP contribution is 2.40. The van der Waals surface area contributed by atoms with Gasteiger partial charge in [-0.25, -0.2) is 9.97 Å². The van der Waals surface area contributed by atoms with E-state index < -0.39 is 0 Å². The van der Waals surface area contributed by atoms with Crippen LogP contribution in [0.4, 0.5) is 0 Å². The number of rotatable bonds is 16. The number of nitrogens with one attached hydrogen (secondary N) is 4. The van der Waals surface area contributed by atoms with E-state index in [-0.39, 0.29) is 58.9 Å². The first kappa shape index (κ1) is 57.5. The molecule has 5 heterocycles. The zero-order chi connectivity index (χ0) is 60.3. The molecular weight excluding hydrogens is 1080 g/mol. The monoisotopic (exact) mass is 1140 g/mol. The second-order valence-corrected chi connectivity index (χ2v) is 23.6. The molecule has 14 nitrogen and oxygen atoms in total. The lowest BCUT2D eigenvalue weighted by Crippen LogP contribution is -2.30. The van der Waals surface area contributed by atoms with Crippen molar-refractivity contribution in [2.75, 3.05) is 26.3 Å². The average molecular weight is 1150 g/mol. The molecule has 0 saturated heterocycles. The van der Waals surface area contributed by atoms with Crippen molar-refractivity contribution >= 4 is 58.2 Å². The summed E-state index contributed by atoms with van der Waals surface area (Å²) in [6, 6.07) is 50.2. The molecule has 0 saturated carbocycles. The number of hydrogen-bond donors (Lipinski definition) is 8. The quantitative estimate of drug-likeness (QED) is 0.0428. The Bertz CT molecular complexity index is 3980. The summed E-state index contributed by atoms with van der Waals surface area (Å²) >= 11 is 0. The van der Waals surface area contributed by atoms with E-state index in [0.717, 1.165) is 100 Å². The van der Waals surface area contributed by atoms with Gasteiger partial charge in [0.2, 0.25) is 0 Å². The van der Waals surface area contributed by atoms with Gasteiger partial charge in [-0.3, -0.25) is 9.59 Å². The fourth-order valence-corrected chi connectivity index (χ4v) is 10.7. The minimum Gasteiger partial charge on any atom is -0.504 e. The van der Waals surface area contributed by atoms with Gasteiger partial charge in [0.25, 0.3) is 11.8 Å². The van der Waals surface area contributed by atoms with Crippen LogP contribution in [0.25, 0.3) is 90.9 Å². The van der Waals surface area contributed by atoms with Crippen LogP contribution in [0.15, 0.2) is 158 Å². The molecule has 434 valence electrons. The van der Waals surface area contributed by atoms with Crippen LogP contribution in [0.2, 0.25) is 0 Å². The van der Waals surface area contributed by atoms with E-state index in [2.05, 4.69) is 159 Å². The van der Waals surface area contributed by atoms with Gasteiger partial charge in [-0.1, -0.05) is 126 Å². The Kier molecular flexibility index (Phi) is 16.1. The van der Waals surface area contributed by atoms with Gasteiger partial charge in [0.05, 0.1) is 22.8 Å². The highest BCUT2D eigenvalue weighted by Gasteiger charge is 2.22. The summed E-state index contributed by atoms with van der Waals surface area (Å²) in [6.07, 6.45) is 9.17. The molecule has 0 aliphatic carbocycles. The molecular formula is C72H68N6O8. The zero-order valence-electron chi connectivity index (χ0n) is 48.9. The molecule has 0 unspecified atom stereocenters. The molecule has 2 aliphatic heterocycles. The maximum atomic E-state index is 12.9. The molecule has 8 bridgehead atoms. The molecule has 3 aromatic heterocycles. The van der Waals surface area contributed by atoms with Crippen molar-refractivity contribution < 1.29 is 39.5 Å². The first-order valence-corrected chi connectivity index (χ1v) is 28.7. The summed E-state index contributed by atoms with van der Waals surface area (Å²) < 4.78 is 12.0. The van der Waals surface area contributed by atoms with Gasteiger partial charge in [0.15, 0.2) is 36.2 Å². The summed E-state index contributed by atoms with van der Waals surface area (Å²) in [7, 11) is 0. The van der Waals surface area contributed by atoms with E-state index in [1.165, 1.54) is 35.4 Å². The van der Waals surface area contributed by atoms with Crippen LogP contribution in [-0.4, -0.2) is 78.5 Å². The number of aromatic amines is 2. The number of hydrogen-bond acceptors (Lipinski definition) is 10. The number of fused-ring (bicyclic) bond motifs is 8. The van der Waals surface area contributed by atoms with E-state index in [4.69, 9.17) is 19.4 Å². The summed E-state index contributed by atoms with van der Waals surface area (Å²) in [6.45, 7) is 13.5. The highest BCUT2D eigenvalue weighted by molar-refractivity contribution is 6.00. The lowest BCUT2D eigenvalue weighted by atomic mass is 9.86. The van der Waals surface area contributed by atoms with E-state index in [1.807, 2.05) is 48.5 Å². The van der Waals surface area contributed by atoms with E-state index >= 15 is 0 Å². The van der Waals surface area contributed by atoms with Crippen molar-refractivity contribution in [3.05, 3.63) is 203 Å². The number of aromatic nitrogens is 4. The van der Waals surface area contributed by atoms with Crippen LogP contribution < -0.4 is 20.1 Å². The van der Waals surface area contributed by atoms with Crippen LogP contribution in [0.5, 0.6) is 34.5 Å². The molecule has 0 radical (unpaired) electrons. The molecule has 9 aromatic rings. The Balaban J connectivity index is 1.00. The first-order chi connectivity index (χ1) is 41.3. The molecule has 0 fully saturated rings. The lowest BCUT2D eigenvalue weighted by Gasteiger charge is -2.19. The van der Waals surface area contributed by atoms with Crippen molar-refractivity contribution in [1.29, 1.82) is 0 Å². The van der Waals surface area contributed by atoms with Crippen LogP contribution in [0, 0.1) is 0 Å². The molecule has 11 rings (SSSR count). The number of H-pyrrole nitrogens is 2. The highest BCUT2D eigenvalue weighted by atomic mass is 16.5. The number of carbonyl (C=O) groups is 2. The summed E-state index contributed by atoms with van der Waals surface area (Å²) in [5.74, 6) is -0.376. The van der Waals surface area contributed by atoms with Gasteiger partial charge in [-0.05, 0) is 165 Å². The number of amides is 2. The normalized spacial score (nSPS) is 12.1. The molecule has 2 amide bonds. The first-order valence-electron chi connectivity index (χ1n) is 28.7. The number of aromatic hydroxyl groups is 4.